The van der Waals surface area contributed by atoms with Crippen LogP contribution in [-0.4, -0.2) is 24.4 Å². The third-order valence-corrected chi connectivity index (χ3v) is 2.84. The minimum Gasteiger partial charge on any atom is -0.490 e. The summed E-state index contributed by atoms with van der Waals surface area (Å²) >= 11 is 0. The zero-order valence-electron chi connectivity index (χ0n) is 11.7. The second kappa shape index (κ2) is 7.19. The zero-order chi connectivity index (χ0) is 14.4. The normalized spacial score (nSPS) is 12.5. The van der Waals surface area contributed by atoms with Gasteiger partial charge in [0.25, 0.3) is 0 Å². The fourth-order valence-corrected chi connectivity index (χ4v) is 1.49. The van der Waals surface area contributed by atoms with Crippen molar-refractivity contribution in [2.24, 2.45) is 5.92 Å². The standard InChI is InChI=1S/C14H23FN2O2/c1-4-5-19-14-7-12(11(16)6-10(14)15)17-8-13(18)9(2)3/h6-7,9,13,17-18H,4-5,8,16H2,1-3H3. The van der Waals surface area contributed by atoms with Crippen LogP contribution in [0.15, 0.2) is 12.1 Å². The first-order valence-electron chi connectivity index (χ1n) is 6.59. The molecule has 0 radical (unpaired) electrons. The van der Waals surface area contributed by atoms with Gasteiger partial charge in [-0.15, -0.1) is 0 Å². The van der Waals surface area contributed by atoms with Crippen molar-refractivity contribution in [3.8, 4) is 5.75 Å². The van der Waals surface area contributed by atoms with E-state index in [2.05, 4.69) is 5.32 Å². The molecule has 108 valence electrons. The maximum atomic E-state index is 13.6. The Morgan fingerprint density at radius 1 is 1.42 bits per heavy atom. The molecule has 0 bridgehead atoms. The number of ether oxygens (including phenoxy) is 1. The lowest BCUT2D eigenvalue weighted by atomic mass is 10.1. The van der Waals surface area contributed by atoms with Crippen molar-refractivity contribution in [3.63, 3.8) is 0 Å². The molecule has 0 aromatic heterocycles. The number of hydrogen-bond acceptors (Lipinski definition) is 4. The number of nitrogens with one attached hydrogen (secondary N) is 1. The molecule has 1 aromatic carbocycles. The molecular formula is C14H23FN2O2. The number of rotatable bonds is 7. The summed E-state index contributed by atoms with van der Waals surface area (Å²) in [5.41, 5.74) is 6.62. The van der Waals surface area contributed by atoms with Crippen LogP contribution in [0.25, 0.3) is 0 Å². The number of hydrogen-bond donors (Lipinski definition) is 3. The van der Waals surface area contributed by atoms with Crippen LogP contribution in [-0.2, 0) is 0 Å². The molecule has 5 heteroatoms. The van der Waals surface area contributed by atoms with Gasteiger partial charge in [-0.25, -0.2) is 4.39 Å². The minimum absolute atomic E-state index is 0.144. The van der Waals surface area contributed by atoms with Crippen molar-refractivity contribution in [1.82, 2.24) is 0 Å². The lowest BCUT2D eigenvalue weighted by Crippen LogP contribution is -2.25. The van der Waals surface area contributed by atoms with Crippen LogP contribution >= 0.6 is 0 Å². The highest BCUT2D eigenvalue weighted by atomic mass is 19.1. The van der Waals surface area contributed by atoms with Crippen LogP contribution in [0.2, 0.25) is 0 Å². The Morgan fingerprint density at radius 2 is 2.11 bits per heavy atom. The molecule has 0 saturated carbocycles. The van der Waals surface area contributed by atoms with E-state index in [0.29, 0.717) is 24.5 Å². The smallest absolute Gasteiger partial charge is 0.167 e. The minimum atomic E-state index is -0.482. The predicted molar refractivity (Wildman–Crippen MR) is 75.9 cm³/mol. The molecule has 0 aliphatic heterocycles. The van der Waals surface area contributed by atoms with Gasteiger partial charge in [0.2, 0.25) is 0 Å². The Morgan fingerprint density at radius 3 is 2.68 bits per heavy atom. The molecule has 0 heterocycles. The van der Waals surface area contributed by atoms with Crippen LogP contribution in [0.1, 0.15) is 27.2 Å². The molecule has 1 rings (SSSR count). The van der Waals surface area contributed by atoms with Gasteiger partial charge in [0, 0.05) is 18.7 Å². The fraction of sp³-hybridized carbons (Fsp3) is 0.571. The summed E-state index contributed by atoms with van der Waals surface area (Å²) in [4.78, 5) is 0. The molecule has 4 nitrogen and oxygen atoms in total. The van der Waals surface area contributed by atoms with Gasteiger partial charge in [-0.05, 0) is 12.3 Å². The summed E-state index contributed by atoms with van der Waals surface area (Å²) in [6.07, 6.45) is 0.322. The van der Waals surface area contributed by atoms with Gasteiger partial charge in [-0.1, -0.05) is 20.8 Å². The summed E-state index contributed by atoms with van der Waals surface area (Å²) < 4.78 is 18.9. The topological polar surface area (TPSA) is 67.5 Å². The summed E-state index contributed by atoms with van der Waals surface area (Å²) in [6.45, 7) is 6.62. The van der Waals surface area contributed by atoms with E-state index in [0.717, 1.165) is 6.42 Å². The molecule has 0 amide bonds. The first kappa shape index (κ1) is 15.6. The van der Waals surface area contributed by atoms with E-state index in [4.69, 9.17) is 10.5 Å². The van der Waals surface area contributed by atoms with Crippen LogP contribution in [0.3, 0.4) is 0 Å². The van der Waals surface area contributed by atoms with E-state index in [1.54, 1.807) is 0 Å². The first-order valence-corrected chi connectivity index (χ1v) is 6.59. The maximum absolute atomic E-state index is 13.6. The van der Waals surface area contributed by atoms with E-state index in [-0.39, 0.29) is 11.7 Å². The molecule has 1 unspecified atom stereocenters. The number of nitrogen functional groups attached to an aromatic ring is 1. The van der Waals surface area contributed by atoms with Crippen LogP contribution in [0, 0.1) is 11.7 Å². The largest absolute Gasteiger partial charge is 0.490 e. The van der Waals surface area contributed by atoms with Crippen molar-refractivity contribution >= 4 is 11.4 Å². The van der Waals surface area contributed by atoms with Gasteiger partial charge in [-0.3, -0.25) is 0 Å². The predicted octanol–water partition coefficient (Wildman–Crippen LogP) is 2.63. The Labute approximate surface area is 113 Å². The highest BCUT2D eigenvalue weighted by Crippen LogP contribution is 2.28. The van der Waals surface area contributed by atoms with E-state index in [1.807, 2.05) is 20.8 Å². The summed E-state index contributed by atoms with van der Waals surface area (Å²) in [7, 11) is 0. The number of nitrogens with two attached hydrogens (primary N) is 1. The zero-order valence-corrected chi connectivity index (χ0v) is 11.7. The summed E-state index contributed by atoms with van der Waals surface area (Å²) in [5, 5.41) is 12.8. The van der Waals surface area contributed by atoms with Crippen molar-refractivity contribution < 1.29 is 14.2 Å². The Kier molecular flexibility index (Phi) is 5.89. The third-order valence-electron chi connectivity index (χ3n) is 2.84. The number of halogens is 1. The number of anilines is 2. The molecule has 1 aromatic rings. The second-order valence-corrected chi connectivity index (χ2v) is 4.91. The van der Waals surface area contributed by atoms with Crippen LogP contribution < -0.4 is 15.8 Å². The Hall–Kier alpha value is -1.49. The molecule has 0 fully saturated rings. The average Bonchev–Trinajstić information content (AvgIpc) is 2.36. The quantitative estimate of drug-likeness (QED) is 0.666. The van der Waals surface area contributed by atoms with Gasteiger partial charge in [0.1, 0.15) is 0 Å². The van der Waals surface area contributed by atoms with Gasteiger partial charge >= 0.3 is 0 Å². The lowest BCUT2D eigenvalue weighted by molar-refractivity contribution is 0.138. The molecule has 0 spiro atoms. The van der Waals surface area contributed by atoms with Crippen molar-refractivity contribution in [3.05, 3.63) is 17.9 Å². The molecule has 1 atom stereocenters. The SMILES string of the molecule is CCCOc1cc(NCC(O)C(C)C)c(N)cc1F. The molecule has 0 aliphatic carbocycles. The van der Waals surface area contributed by atoms with E-state index in [9.17, 15) is 9.50 Å². The average molecular weight is 270 g/mol. The van der Waals surface area contributed by atoms with E-state index >= 15 is 0 Å². The number of benzene rings is 1. The highest BCUT2D eigenvalue weighted by molar-refractivity contribution is 5.68. The van der Waals surface area contributed by atoms with Crippen LogP contribution in [0.5, 0.6) is 5.75 Å². The second-order valence-electron chi connectivity index (χ2n) is 4.91. The highest BCUT2D eigenvalue weighted by Gasteiger charge is 2.12. The maximum Gasteiger partial charge on any atom is 0.167 e. The van der Waals surface area contributed by atoms with Gasteiger partial charge in [0.15, 0.2) is 11.6 Å². The van der Waals surface area contributed by atoms with Crippen molar-refractivity contribution in [1.29, 1.82) is 0 Å². The third kappa shape index (κ3) is 4.59. The first-order chi connectivity index (χ1) is 8.95. The molecule has 0 aliphatic rings. The van der Waals surface area contributed by atoms with Crippen LogP contribution in [0.4, 0.5) is 15.8 Å². The van der Waals surface area contributed by atoms with Gasteiger partial charge < -0.3 is 20.9 Å². The fourth-order valence-electron chi connectivity index (χ4n) is 1.49. The molecule has 0 saturated heterocycles. The summed E-state index contributed by atoms with van der Waals surface area (Å²) in [6, 6.07) is 2.77. The van der Waals surface area contributed by atoms with Gasteiger partial charge in [0.05, 0.1) is 24.1 Å². The molecule has 4 N–H and O–H groups in total. The van der Waals surface area contributed by atoms with Crippen molar-refractivity contribution in [2.75, 3.05) is 24.2 Å². The number of aliphatic hydroxyl groups excluding tert-OH is 1. The van der Waals surface area contributed by atoms with E-state index in [1.165, 1.54) is 12.1 Å². The lowest BCUT2D eigenvalue weighted by Gasteiger charge is -2.18. The number of aliphatic hydroxyl groups is 1. The molecular weight excluding hydrogens is 247 g/mol. The monoisotopic (exact) mass is 270 g/mol. The van der Waals surface area contributed by atoms with Crippen molar-refractivity contribution in [2.45, 2.75) is 33.3 Å². The Bertz CT molecular complexity index is 411. The Balaban J connectivity index is 2.76. The summed E-state index contributed by atoms with van der Waals surface area (Å²) in [5.74, 6) is -0.150. The van der Waals surface area contributed by atoms with Gasteiger partial charge in [-0.2, -0.15) is 0 Å². The van der Waals surface area contributed by atoms with E-state index < -0.39 is 11.9 Å². The molecule has 19 heavy (non-hydrogen) atoms.